The highest BCUT2D eigenvalue weighted by atomic mass is 16.3. The minimum absolute atomic E-state index is 0.0826. The van der Waals surface area contributed by atoms with Crippen LogP contribution >= 0.6 is 0 Å². The first-order chi connectivity index (χ1) is 15.2. The van der Waals surface area contributed by atoms with E-state index in [1.165, 1.54) is 4.90 Å². The number of aliphatic hydroxyl groups is 1. The van der Waals surface area contributed by atoms with Crippen molar-refractivity contribution >= 4 is 23.1 Å². The van der Waals surface area contributed by atoms with Gasteiger partial charge in [0.15, 0.2) is 0 Å². The van der Waals surface area contributed by atoms with Crippen LogP contribution in [0.2, 0.25) is 0 Å². The molecule has 1 atom stereocenters. The molecule has 1 amide bonds. The van der Waals surface area contributed by atoms with Crippen LogP contribution in [0.5, 0.6) is 0 Å². The normalized spacial score (nSPS) is 18.2. The molecule has 0 spiro atoms. The number of rotatable bonds is 3. The van der Waals surface area contributed by atoms with Gasteiger partial charge in [0.2, 0.25) is 0 Å². The summed E-state index contributed by atoms with van der Waals surface area (Å²) in [4.78, 5) is 31.9. The Bertz CT molecular complexity index is 1210. The predicted octanol–water partition coefficient (Wildman–Crippen LogP) is 5.31. The average Bonchev–Trinajstić information content (AvgIpc) is 3.04. The molecule has 0 radical (unpaired) electrons. The quantitative estimate of drug-likeness (QED) is 0.350. The fraction of sp³-hybridized carbons (Fsp3) is 0.222. The maximum Gasteiger partial charge on any atom is 0.300 e. The van der Waals surface area contributed by atoms with E-state index in [0.29, 0.717) is 16.8 Å². The van der Waals surface area contributed by atoms with Gasteiger partial charge in [-0.25, -0.2) is 0 Å². The van der Waals surface area contributed by atoms with Gasteiger partial charge in [-0.15, -0.1) is 0 Å². The van der Waals surface area contributed by atoms with Crippen molar-refractivity contribution in [1.29, 1.82) is 0 Å². The second-order valence-electron chi connectivity index (χ2n) is 9.06. The van der Waals surface area contributed by atoms with Gasteiger partial charge in [-0.3, -0.25) is 19.5 Å². The molecule has 5 nitrogen and oxygen atoms in total. The summed E-state index contributed by atoms with van der Waals surface area (Å²) in [5, 5.41) is 11.4. The minimum Gasteiger partial charge on any atom is -0.507 e. The molecule has 4 rings (SSSR count). The number of Topliss-reactive ketones (excluding diaryl/α,β-unsaturated/α-hetero) is 1. The topological polar surface area (TPSA) is 70.5 Å². The zero-order valence-corrected chi connectivity index (χ0v) is 18.7. The summed E-state index contributed by atoms with van der Waals surface area (Å²) in [5.41, 5.74) is 3.66. The molecule has 2 heterocycles. The molecule has 1 aliphatic heterocycles. The number of hydrogen-bond donors (Lipinski definition) is 1. The van der Waals surface area contributed by atoms with Gasteiger partial charge in [0, 0.05) is 23.6 Å². The van der Waals surface area contributed by atoms with Crippen LogP contribution in [0.4, 0.5) is 5.69 Å². The summed E-state index contributed by atoms with van der Waals surface area (Å²) < 4.78 is 0. The van der Waals surface area contributed by atoms with Crippen LogP contribution in [0.25, 0.3) is 5.76 Å². The zero-order chi connectivity index (χ0) is 23.0. The molecule has 0 bridgehead atoms. The molecule has 1 saturated heterocycles. The van der Waals surface area contributed by atoms with E-state index in [9.17, 15) is 14.7 Å². The van der Waals surface area contributed by atoms with Crippen LogP contribution in [-0.2, 0) is 15.0 Å². The Morgan fingerprint density at radius 2 is 1.62 bits per heavy atom. The number of ketones is 1. The summed E-state index contributed by atoms with van der Waals surface area (Å²) in [6.45, 7) is 8.16. The van der Waals surface area contributed by atoms with Crippen molar-refractivity contribution in [2.75, 3.05) is 4.90 Å². The predicted molar refractivity (Wildman–Crippen MR) is 125 cm³/mol. The molecular formula is C27H26N2O3. The fourth-order valence-corrected chi connectivity index (χ4v) is 4.04. The van der Waals surface area contributed by atoms with E-state index in [-0.39, 0.29) is 16.7 Å². The van der Waals surface area contributed by atoms with Crippen molar-refractivity contribution in [3.8, 4) is 0 Å². The number of benzene rings is 2. The molecule has 3 aromatic rings. The lowest BCUT2D eigenvalue weighted by atomic mass is 9.84. The van der Waals surface area contributed by atoms with E-state index in [4.69, 9.17) is 0 Å². The number of anilines is 1. The Morgan fingerprint density at radius 1 is 0.969 bits per heavy atom. The smallest absolute Gasteiger partial charge is 0.300 e. The summed E-state index contributed by atoms with van der Waals surface area (Å²) in [5.74, 6) is -1.52. The first-order valence-electron chi connectivity index (χ1n) is 10.6. The van der Waals surface area contributed by atoms with Gasteiger partial charge in [0.25, 0.3) is 11.7 Å². The molecule has 1 aromatic heterocycles. The van der Waals surface area contributed by atoms with Gasteiger partial charge in [-0.05, 0) is 59.4 Å². The van der Waals surface area contributed by atoms with Gasteiger partial charge in [0.05, 0.1) is 11.6 Å². The zero-order valence-electron chi connectivity index (χ0n) is 18.7. The molecule has 5 heteroatoms. The van der Waals surface area contributed by atoms with Crippen LogP contribution in [0, 0.1) is 6.92 Å². The monoisotopic (exact) mass is 426 g/mol. The molecule has 1 aliphatic rings. The number of carbonyl (C=O) groups is 2. The number of aromatic nitrogens is 1. The molecular weight excluding hydrogens is 400 g/mol. The molecule has 2 aromatic carbocycles. The van der Waals surface area contributed by atoms with Gasteiger partial charge in [-0.1, -0.05) is 51.1 Å². The summed E-state index contributed by atoms with van der Waals surface area (Å²) in [6, 6.07) is 17.7. The van der Waals surface area contributed by atoms with Crippen LogP contribution < -0.4 is 4.90 Å². The summed E-state index contributed by atoms with van der Waals surface area (Å²) in [6.07, 6.45) is 3.23. The Hall–Kier alpha value is -3.73. The molecule has 1 unspecified atom stereocenters. The van der Waals surface area contributed by atoms with E-state index in [1.54, 1.807) is 36.7 Å². The van der Waals surface area contributed by atoms with E-state index >= 15 is 0 Å². The van der Waals surface area contributed by atoms with Crippen LogP contribution in [0.1, 0.15) is 49.1 Å². The second-order valence-corrected chi connectivity index (χ2v) is 9.06. The van der Waals surface area contributed by atoms with Gasteiger partial charge < -0.3 is 5.11 Å². The average molecular weight is 427 g/mol. The highest BCUT2D eigenvalue weighted by Gasteiger charge is 2.47. The first-order valence-corrected chi connectivity index (χ1v) is 10.6. The number of aryl methyl sites for hydroxylation is 1. The number of pyridine rings is 1. The molecule has 1 N–H and O–H groups in total. The maximum absolute atomic E-state index is 13.3. The lowest BCUT2D eigenvalue weighted by Gasteiger charge is -2.25. The highest BCUT2D eigenvalue weighted by molar-refractivity contribution is 6.51. The Balaban J connectivity index is 1.97. The number of carbonyl (C=O) groups excluding carboxylic acids is 2. The fourth-order valence-electron chi connectivity index (χ4n) is 4.04. The lowest BCUT2D eigenvalue weighted by Crippen LogP contribution is -2.29. The molecule has 32 heavy (non-hydrogen) atoms. The van der Waals surface area contributed by atoms with E-state index in [1.807, 2.05) is 43.3 Å². The number of amides is 1. The Kier molecular flexibility index (Phi) is 5.43. The van der Waals surface area contributed by atoms with Gasteiger partial charge in [-0.2, -0.15) is 0 Å². The number of aliphatic hydroxyl groups excluding tert-OH is 1. The largest absolute Gasteiger partial charge is 0.507 e. The third-order valence-electron chi connectivity index (χ3n) is 5.86. The van der Waals surface area contributed by atoms with Gasteiger partial charge in [0.1, 0.15) is 5.76 Å². The molecule has 0 saturated carbocycles. The number of nitrogens with zero attached hydrogens (tertiary/aromatic N) is 2. The van der Waals surface area contributed by atoms with E-state index in [0.717, 1.165) is 11.1 Å². The van der Waals surface area contributed by atoms with Crippen molar-refractivity contribution in [1.82, 2.24) is 4.98 Å². The minimum atomic E-state index is -0.752. The van der Waals surface area contributed by atoms with Crippen molar-refractivity contribution in [2.24, 2.45) is 0 Å². The molecule has 0 aliphatic carbocycles. The van der Waals surface area contributed by atoms with Crippen molar-refractivity contribution in [3.63, 3.8) is 0 Å². The molecule has 1 fully saturated rings. The van der Waals surface area contributed by atoms with Crippen molar-refractivity contribution in [3.05, 3.63) is 101 Å². The van der Waals surface area contributed by atoms with Crippen molar-refractivity contribution < 1.29 is 14.7 Å². The number of para-hydroxylation sites is 1. The van der Waals surface area contributed by atoms with Crippen LogP contribution in [-0.4, -0.2) is 21.8 Å². The van der Waals surface area contributed by atoms with Gasteiger partial charge >= 0.3 is 0 Å². The maximum atomic E-state index is 13.3. The SMILES string of the molecule is Cc1ccc(C(C)(C)C)cc1/C(O)=C1\C(=O)C(=O)N(c2ccccc2)C1c1ccncc1. The van der Waals surface area contributed by atoms with Crippen LogP contribution in [0.3, 0.4) is 0 Å². The molecule has 162 valence electrons. The van der Waals surface area contributed by atoms with E-state index in [2.05, 4.69) is 25.8 Å². The van der Waals surface area contributed by atoms with E-state index < -0.39 is 17.7 Å². The Labute approximate surface area is 188 Å². The third-order valence-corrected chi connectivity index (χ3v) is 5.86. The standard InChI is InChI=1S/C27H26N2O3/c1-17-10-11-19(27(2,3)4)16-21(17)24(30)22-23(18-12-14-28-15-13-18)29(26(32)25(22)31)20-8-6-5-7-9-20/h5-16,23,30H,1-4H3/b24-22+. The lowest BCUT2D eigenvalue weighted by molar-refractivity contribution is -0.132. The summed E-state index contributed by atoms with van der Waals surface area (Å²) in [7, 11) is 0. The van der Waals surface area contributed by atoms with Crippen molar-refractivity contribution in [2.45, 2.75) is 39.2 Å². The van der Waals surface area contributed by atoms with Crippen LogP contribution in [0.15, 0.2) is 78.6 Å². The summed E-state index contributed by atoms with van der Waals surface area (Å²) >= 11 is 0. The second kappa shape index (κ2) is 8.08. The third kappa shape index (κ3) is 3.71. The highest BCUT2D eigenvalue weighted by Crippen LogP contribution is 2.42. The first kappa shape index (κ1) is 21.5. The number of hydrogen-bond acceptors (Lipinski definition) is 4. The Morgan fingerprint density at radius 3 is 2.25 bits per heavy atom.